The average Bonchev–Trinajstić information content (AvgIpc) is 2.21. The second-order valence-electron chi connectivity index (χ2n) is 5.47. The molecule has 0 heterocycles. The minimum atomic E-state index is -1.52. The maximum atomic E-state index is 2.46. The van der Waals surface area contributed by atoms with E-state index in [9.17, 15) is 0 Å². The number of hydrogen-bond acceptors (Lipinski definition) is 0. The zero-order chi connectivity index (χ0) is 13.0. The summed E-state index contributed by atoms with van der Waals surface area (Å²) in [5.74, 6) is 0. The van der Waals surface area contributed by atoms with Gasteiger partial charge in [0.2, 0.25) is 0 Å². The fourth-order valence-corrected chi connectivity index (χ4v) is 14.4. The van der Waals surface area contributed by atoms with Crippen molar-refractivity contribution in [1.82, 2.24) is 0 Å². The summed E-state index contributed by atoms with van der Waals surface area (Å²) in [6.45, 7) is 14.3. The first-order chi connectivity index (χ1) is 7.97. The van der Waals surface area contributed by atoms with E-state index >= 15 is 0 Å². The van der Waals surface area contributed by atoms with Crippen LogP contribution in [0.4, 0.5) is 0 Å². The van der Waals surface area contributed by atoms with Crippen molar-refractivity contribution in [2.24, 2.45) is 0 Å². The second-order valence-corrected chi connectivity index (χ2v) is 18.5. The molecule has 0 N–H and O–H groups in total. The van der Waals surface area contributed by atoms with Crippen LogP contribution in [0, 0.1) is 6.92 Å². The van der Waals surface area contributed by atoms with E-state index in [1.165, 1.54) is 18.4 Å². The van der Waals surface area contributed by atoms with Gasteiger partial charge in [-0.05, 0) is 0 Å². The van der Waals surface area contributed by atoms with Gasteiger partial charge in [-0.25, -0.2) is 0 Å². The van der Waals surface area contributed by atoms with Crippen molar-refractivity contribution in [1.29, 1.82) is 0 Å². The molecule has 0 radical (unpaired) electrons. The SMILES string of the molecule is CCCc1cc[c]([Bi]([CH](C)C)[CH](C)C)c(C)c1. The molecule has 0 unspecified atom stereocenters. The summed E-state index contributed by atoms with van der Waals surface area (Å²) >= 11 is -1.52. The van der Waals surface area contributed by atoms with Gasteiger partial charge in [-0.2, -0.15) is 0 Å². The van der Waals surface area contributed by atoms with E-state index in [2.05, 4.69) is 59.7 Å². The van der Waals surface area contributed by atoms with Crippen molar-refractivity contribution in [2.45, 2.75) is 61.6 Å². The van der Waals surface area contributed by atoms with Gasteiger partial charge in [0.25, 0.3) is 0 Å². The fraction of sp³-hybridized carbons (Fsp3) is 0.625. The van der Waals surface area contributed by atoms with Crippen molar-refractivity contribution in [3.63, 3.8) is 0 Å². The number of aryl methyl sites for hydroxylation is 2. The van der Waals surface area contributed by atoms with Crippen LogP contribution in [0.1, 0.15) is 52.2 Å². The van der Waals surface area contributed by atoms with E-state index in [1.54, 1.807) is 8.83 Å². The van der Waals surface area contributed by atoms with E-state index in [4.69, 9.17) is 0 Å². The van der Waals surface area contributed by atoms with Gasteiger partial charge in [0, 0.05) is 0 Å². The van der Waals surface area contributed by atoms with Crippen LogP contribution >= 0.6 is 0 Å². The molecule has 1 heteroatoms. The molecule has 96 valence electrons. The van der Waals surface area contributed by atoms with E-state index in [0.717, 1.165) is 7.25 Å². The molecule has 0 bridgehead atoms. The molecule has 0 aromatic heterocycles. The number of benzene rings is 1. The Morgan fingerprint density at radius 3 is 2.06 bits per heavy atom. The van der Waals surface area contributed by atoms with Gasteiger partial charge >= 0.3 is 116 Å². The van der Waals surface area contributed by atoms with Gasteiger partial charge < -0.3 is 0 Å². The molecule has 0 nitrogen and oxygen atoms in total. The third kappa shape index (κ3) is 4.06. The van der Waals surface area contributed by atoms with Crippen LogP contribution < -0.4 is 3.27 Å². The third-order valence-corrected chi connectivity index (χ3v) is 16.0. The molecule has 0 aliphatic rings. The molecule has 1 aromatic carbocycles. The summed E-state index contributed by atoms with van der Waals surface area (Å²) in [6.07, 6.45) is 2.48. The van der Waals surface area contributed by atoms with Crippen LogP contribution in [0.3, 0.4) is 0 Å². The molecule has 0 atom stereocenters. The average molecular weight is 428 g/mol. The normalized spacial score (nSPS) is 11.8. The Balaban J connectivity index is 3.04. The van der Waals surface area contributed by atoms with Crippen LogP contribution in [0.25, 0.3) is 0 Å². The molecule has 0 aliphatic heterocycles. The summed E-state index contributed by atoms with van der Waals surface area (Å²) < 4.78 is 3.59. The predicted octanol–water partition coefficient (Wildman–Crippen LogP) is 4.47. The number of hydrogen-bond donors (Lipinski definition) is 0. The van der Waals surface area contributed by atoms with Crippen molar-refractivity contribution < 1.29 is 0 Å². The first-order valence-electron chi connectivity index (χ1n) is 6.85. The van der Waals surface area contributed by atoms with Crippen molar-refractivity contribution >= 4 is 25.0 Å². The molecule has 0 saturated carbocycles. The minimum absolute atomic E-state index is 0.917. The summed E-state index contributed by atoms with van der Waals surface area (Å²) in [7, 11) is 0. The van der Waals surface area contributed by atoms with Gasteiger partial charge in [0.1, 0.15) is 0 Å². The fourth-order valence-electron chi connectivity index (χ4n) is 2.60. The summed E-state index contributed by atoms with van der Waals surface area (Å²) in [4.78, 5) is 0. The molecule has 17 heavy (non-hydrogen) atoms. The summed E-state index contributed by atoms with van der Waals surface area (Å²) in [5.41, 5.74) is 3.08. The zero-order valence-electron chi connectivity index (χ0n) is 12.2. The van der Waals surface area contributed by atoms with Crippen LogP contribution in [0.5, 0.6) is 0 Å². The van der Waals surface area contributed by atoms with Crippen molar-refractivity contribution in [3.05, 3.63) is 29.3 Å². The monoisotopic (exact) mass is 428 g/mol. The Labute approximate surface area is 116 Å². The van der Waals surface area contributed by atoms with Gasteiger partial charge in [-0.1, -0.05) is 0 Å². The van der Waals surface area contributed by atoms with E-state index < -0.39 is 21.8 Å². The Morgan fingerprint density at radius 2 is 1.65 bits per heavy atom. The first kappa shape index (κ1) is 15.2. The van der Waals surface area contributed by atoms with Gasteiger partial charge in [-0.3, -0.25) is 0 Å². The van der Waals surface area contributed by atoms with Crippen LogP contribution in [0.15, 0.2) is 18.2 Å². The molecule has 0 spiro atoms. The van der Waals surface area contributed by atoms with Crippen LogP contribution in [-0.4, -0.2) is 21.8 Å². The topological polar surface area (TPSA) is 0 Å². The van der Waals surface area contributed by atoms with Crippen molar-refractivity contribution in [3.8, 4) is 0 Å². The van der Waals surface area contributed by atoms with Crippen LogP contribution in [0.2, 0.25) is 7.25 Å². The second kappa shape index (κ2) is 6.88. The molecule has 1 aromatic rings. The van der Waals surface area contributed by atoms with E-state index in [0.29, 0.717) is 0 Å². The standard InChI is InChI=1S/C10H13.2C3H7.Bi/c1-3-5-10-7-4-6-9(2)8-10;2*1-3-2;/h4,7-8H,3,5H2,1-2H3;2*3H,1-2H3;. The molecule has 0 fully saturated rings. The summed E-state index contributed by atoms with van der Waals surface area (Å²) in [5, 5.41) is 0. The maximum absolute atomic E-state index is 2.46. The van der Waals surface area contributed by atoms with Gasteiger partial charge in [0.05, 0.1) is 0 Å². The Kier molecular flexibility index (Phi) is 6.14. The Bertz CT molecular complexity index is 345. The van der Waals surface area contributed by atoms with E-state index in [-0.39, 0.29) is 0 Å². The molecular formula is C16H27Bi. The molecule has 0 amide bonds. The van der Waals surface area contributed by atoms with Crippen molar-refractivity contribution in [2.75, 3.05) is 0 Å². The van der Waals surface area contributed by atoms with E-state index in [1.807, 2.05) is 0 Å². The quantitative estimate of drug-likeness (QED) is 0.608. The number of rotatable bonds is 5. The third-order valence-electron chi connectivity index (χ3n) is 3.19. The molecular weight excluding hydrogens is 401 g/mol. The predicted molar refractivity (Wildman–Crippen MR) is 80.8 cm³/mol. The molecule has 1 rings (SSSR count). The van der Waals surface area contributed by atoms with Crippen LogP contribution in [-0.2, 0) is 6.42 Å². The molecule has 0 aliphatic carbocycles. The summed E-state index contributed by atoms with van der Waals surface area (Å²) in [6, 6.07) is 7.27. The molecule has 0 saturated heterocycles. The Morgan fingerprint density at radius 1 is 1.06 bits per heavy atom. The van der Waals surface area contributed by atoms with Gasteiger partial charge in [0.15, 0.2) is 0 Å². The van der Waals surface area contributed by atoms with Gasteiger partial charge in [-0.15, -0.1) is 0 Å². The Hall–Kier alpha value is 0.103. The first-order valence-corrected chi connectivity index (χ1v) is 12.6. The zero-order valence-corrected chi connectivity index (χ0v) is 15.7.